The number of alkyl halides is 3. The van der Waals surface area contributed by atoms with E-state index in [2.05, 4.69) is 4.98 Å². The van der Waals surface area contributed by atoms with Gasteiger partial charge in [-0.3, -0.25) is 4.98 Å². The van der Waals surface area contributed by atoms with Gasteiger partial charge < -0.3 is 5.11 Å². The van der Waals surface area contributed by atoms with Crippen LogP contribution in [0.3, 0.4) is 0 Å². The van der Waals surface area contributed by atoms with Crippen LogP contribution in [0.2, 0.25) is 0 Å². The molecule has 1 aromatic heterocycles. The monoisotopic (exact) mass is 194 g/mol. The van der Waals surface area contributed by atoms with E-state index >= 15 is 0 Å². The molecule has 0 amide bonds. The van der Waals surface area contributed by atoms with Gasteiger partial charge in [-0.15, -0.1) is 0 Å². The van der Waals surface area contributed by atoms with Crippen LogP contribution in [0.4, 0.5) is 13.2 Å². The molecule has 1 rings (SSSR count). The lowest BCUT2D eigenvalue weighted by Gasteiger charge is -2.07. The van der Waals surface area contributed by atoms with Crippen LogP contribution in [0, 0.1) is 0 Å². The highest BCUT2D eigenvalue weighted by molar-refractivity contribution is 5.17. The van der Waals surface area contributed by atoms with Gasteiger partial charge >= 0.3 is 6.18 Å². The Morgan fingerprint density at radius 2 is 2.23 bits per heavy atom. The maximum atomic E-state index is 12.1. The molecule has 13 heavy (non-hydrogen) atoms. The first kappa shape index (κ1) is 6.37. The second kappa shape index (κ2) is 3.33. The Morgan fingerprint density at radius 1 is 1.54 bits per heavy atom. The van der Waals surface area contributed by atoms with E-state index in [1.165, 1.54) is 0 Å². The molecule has 0 aromatic carbocycles. The van der Waals surface area contributed by atoms with Crippen LogP contribution in [0.15, 0.2) is 18.3 Å². The van der Waals surface area contributed by atoms with E-state index in [-0.39, 0.29) is 5.56 Å². The van der Waals surface area contributed by atoms with Gasteiger partial charge in [-0.1, -0.05) is 6.07 Å². The van der Waals surface area contributed by atoms with E-state index in [1.807, 2.05) is 0 Å². The van der Waals surface area contributed by atoms with Crippen molar-refractivity contribution >= 4 is 0 Å². The molecule has 0 saturated heterocycles. The van der Waals surface area contributed by atoms with Crippen molar-refractivity contribution in [3.05, 3.63) is 29.6 Å². The number of aromatic nitrogens is 1. The van der Waals surface area contributed by atoms with Gasteiger partial charge in [0.15, 0.2) is 0 Å². The predicted molar refractivity (Wildman–Crippen MR) is 39.9 cm³/mol. The van der Waals surface area contributed by atoms with E-state index in [1.54, 1.807) is 0 Å². The Bertz CT molecular complexity index is 360. The van der Waals surface area contributed by atoms with E-state index in [4.69, 9.17) is 4.11 Å². The molecule has 0 fully saturated rings. The molecule has 0 aliphatic rings. The maximum absolute atomic E-state index is 12.1. The molecule has 72 valence electrons. The Hall–Kier alpha value is -1.10. The summed E-state index contributed by atoms with van der Waals surface area (Å²) in [6.07, 6.45) is -5.70. The fraction of sp³-hybridized carbons (Fsp3) is 0.375. The minimum atomic E-state index is -4.58. The number of hydrogen-bond acceptors (Lipinski definition) is 2. The third-order valence-corrected chi connectivity index (χ3v) is 1.39. The third kappa shape index (κ3) is 2.42. The predicted octanol–water partition coefficient (Wildman–Crippen LogP) is 2.15. The van der Waals surface area contributed by atoms with Crippen molar-refractivity contribution in [3.8, 4) is 0 Å². The van der Waals surface area contributed by atoms with Crippen LogP contribution in [0.1, 0.15) is 28.3 Å². The number of pyridine rings is 1. The summed E-state index contributed by atoms with van der Waals surface area (Å²) in [4.78, 5) is 3.05. The minimum absolute atomic E-state index is 0.173. The number of aliphatic hydroxyl groups is 1. The number of hydrogen-bond donors (Lipinski definition) is 1. The third-order valence-electron chi connectivity index (χ3n) is 1.39. The number of nitrogens with zero attached hydrogens (tertiary/aromatic N) is 1. The van der Waals surface area contributed by atoms with Gasteiger partial charge in [0.25, 0.3) is 0 Å². The quantitative estimate of drug-likeness (QED) is 0.743. The Balaban J connectivity index is 2.96. The molecule has 0 saturated carbocycles. The van der Waals surface area contributed by atoms with Crippen molar-refractivity contribution in [2.45, 2.75) is 19.1 Å². The minimum Gasteiger partial charge on any atom is -0.389 e. The van der Waals surface area contributed by atoms with Crippen LogP contribution in [-0.2, 0) is 6.18 Å². The zero-order chi connectivity index (χ0) is 12.6. The lowest BCUT2D eigenvalue weighted by Crippen LogP contribution is -2.08. The molecule has 1 unspecified atom stereocenters. The largest absolute Gasteiger partial charge is 0.433 e. The van der Waals surface area contributed by atoms with Gasteiger partial charge in [0.1, 0.15) is 5.69 Å². The van der Waals surface area contributed by atoms with E-state index in [0.717, 1.165) is 6.07 Å². The summed E-state index contributed by atoms with van der Waals surface area (Å²) >= 11 is 0. The molecule has 1 N–H and O–H groups in total. The molecule has 0 aliphatic heterocycles. The topological polar surface area (TPSA) is 33.1 Å². The summed E-state index contributed by atoms with van der Waals surface area (Å²) < 4.78 is 57.0. The van der Waals surface area contributed by atoms with E-state index < -0.39 is 24.8 Å². The zero-order valence-corrected chi connectivity index (χ0v) is 6.34. The second-order valence-electron chi connectivity index (χ2n) is 2.38. The summed E-state index contributed by atoms with van der Waals surface area (Å²) in [5.41, 5.74) is -1.30. The van der Waals surface area contributed by atoms with Crippen molar-refractivity contribution in [1.29, 1.82) is 0 Å². The van der Waals surface area contributed by atoms with Crippen LogP contribution in [-0.4, -0.2) is 10.1 Å². The molecule has 2 nitrogen and oxygen atoms in total. The Morgan fingerprint density at radius 3 is 2.62 bits per heavy atom. The molecule has 5 heteroatoms. The van der Waals surface area contributed by atoms with Gasteiger partial charge in [0.05, 0.1) is 6.10 Å². The van der Waals surface area contributed by atoms with Crippen molar-refractivity contribution in [2.75, 3.05) is 0 Å². The van der Waals surface area contributed by atoms with Crippen molar-refractivity contribution in [2.24, 2.45) is 0 Å². The molecule has 0 radical (unpaired) electrons. The average Bonchev–Trinajstić information content (AvgIpc) is 2.14. The van der Waals surface area contributed by atoms with Gasteiger partial charge in [0, 0.05) is 10.3 Å². The second-order valence-corrected chi connectivity index (χ2v) is 2.38. The van der Waals surface area contributed by atoms with Gasteiger partial charge in [-0.2, -0.15) is 13.2 Å². The highest BCUT2D eigenvalue weighted by Crippen LogP contribution is 2.27. The first-order valence-corrected chi connectivity index (χ1v) is 3.33. The van der Waals surface area contributed by atoms with Gasteiger partial charge in [0.2, 0.25) is 0 Å². The summed E-state index contributed by atoms with van der Waals surface area (Å²) in [6.45, 7) is -2.68. The lowest BCUT2D eigenvalue weighted by molar-refractivity contribution is -0.141. The summed E-state index contributed by atoms with van der Waals surface area (Å²) in [6, 6.07) is 1.52. The van der Waals surface area contributed by atoms with Crippen molar-refractivity contribution in [1.82, 2.24) is 4.98 Å². The first-order chi connectivity index (χ1) is 7.12. The highest BCUT2D eigenvalue weighted by Gasteiger charge is 2.32. The Kier molecular flexibility index (Phi) is 1.63. The highest BCUT2D eigenvalue weighted by atomic mass is 19.4. The SMILES string of the molecule is [2H]C([2H])([2H])C(O)c1ccc(C(F)(F)F)nc1. The van der Waals surface area contributed by atoms with Gasteiger partial charge in [-0.25, -0.2) is 0 Å². The van der Waals surface area contributed by atoms with Crippen LogP contribution in [0.5, 0.6) is 0 Å². The standard InChI is InChI=1S/C8H8F3NO/c1-5(13)6-2-3-7(12-4-6)8(9,10)11/h2-5,13H,1H3/i1D3. The van der Waals surface area contributed by atoms with Crippen molar-refractivity contribution < 1.29 is 22.4 Å². The first-order valence-electron chi connectivity index (χ1n) is 4.83. The number of aliphatic hydroxyl groups excluding tert-OH is 1. The average molecular weight is 194 g/mol. The summed E-state index contributed by atoms with van der Waals surface area (Å²) in [7, 11) is 0. The van der Waals surface area contributed by atoms with Crippen LogP contribution >= 0.6 is 0 Å². The van der Waals surface area contributed by atoms with Gasteiger partial charge in [-0.05, 0) is 18.5 Å². The Labute approximate surface area is 77.3 Å². The normalized spacial score (nSPS) is 18.6. The fourth-order valence-corrected chi connectivity index (χ4v) is 0.735. The van der Waals surface area contributed by atoms with Crippen LogP contribution in [0.25, 0.3) is 0 Å². The summed E-state index contributed by atoms with van der Waals surface area (Å²) in [5, 5.41) is 9.27. The summed E-state index contributed by atoms with van der Waals surface area (Å²) in [5.74, 6) is 0. The molecular weight excluding hydrogens is 183 g/mol. The number of rotatable bonds is 1. The maximum Gasteiger partial charge on any atom is 0.433 e. The van der Waals surface area contributed by atoms with Crippen LogP contribution < -0.4 is 0 Å². The molecule has 0 spiro atoms. The molecular formula is C8H8F3NO. The zero-order valence-electron chi connectivity index (χ0n) is 9.34. The molecule has 0 bridgehead atoms. The molecule has 1 atom stereocenters. The lowest BCUT2D eigenvalue weighted by atomic mass is 10.2. The van der Waals surface area contributed by atoms with Crippen molar-refractivity contribution in [3.63, 3.8) is 0 Å². The fourth-order valence-electron chi connectivity index (χ4n) is 0.735. The molecule has 1 heterocycles. The smallest absolute Gasteiger partial charge is 0.389 e. The van der Waals surface area contributed by atoms with E-state index in [0.29, 0.717) is 12.3 Å². The number of halogens is 3. The molecule has 1 aromatic rings. The van der Waals surface area contributed by atoms with E-state index in [9.17, 15) is 18.3 Å². The molecule has 0 aliphatic carbocycles.